The molecule has 0 N–H and O–H groups in total. The van der Waals surface area contributed by atoms with Gasteiger partial charge < -0.3 is 0 Å². The van der Waals surface area contributed by atoms with E-state index in [1.54, 1.807) is 23.0 Å². The number of ketones is 1. The average Bonchev–Trinajstić information content (AvgIpc) is 3.31. The highest BCUT2D eigenvalue weighted by Crippen LogP contribution is 2.52. The summed E-state index contributed by atoms with van der Waals surface area (Å²) in [4.78, 5) is 18.7. The smallest absolute Gasteiger partial charge is 0.201 e. The van der Waals surface area contributed by atoms with Crippen LogP contribution in [0.25, 0.3) is 11.8 Å². The Labute approximate surface area is 238 Å². The van der Waals surface area contributed by atoms with Crippen LogP contribution in [-0.2, 0) is 24.5 Å². The van der Waals surface area contributed by atoms with Crippen LogP contribution in [-0.4, -0.2) is 51.4 Å². The molecule has 4 aromatic rings. The van der Waals surface area contributed by atoms with Gasteiger partial charge in [-0.05, 0) is 86.4 Å². The Bertz CT molecular complexity index is 1620. The van der Waals surface area contributed by atoms with Crippen molar-refractivity contribution in [1.29, 1.82) is 0 Å². The van der Waals surface area contributed by atoms with Gasteiger partial charge >= 0.3 is 0 Å². The van der Waals surface area contributed by atoms with Crippen molar-refractivity contribution < 1.29 is 13.4 Å². The van der Waals surface area contributed by atoms with Crippen LogP contribution in [0.5, 0.6) is 0 Å². The number of Topliss-reactive ketones (excluding diaryl/α,β-unsaturated/α-hetero) is 1. The molecule has 0 radical (unpaired) electrons. The van der Waals surface area contributed by atoms with Gasteiger partial charge in [-0.15, -0.1) is 11.3 Å². The molecule has 3 unspecified atom stereocenters. The lowest BCUT2D eigenvalue weighted by Gasteiger charge is -2.46. The summed E-state index contributed by atoms with van der Waals surface area (Å²) in [5.74, 6) is 0.254. The van der Waals surface area contributed by atoms with E-state index in [2.05, 4.69) is 25.6 Å². The number of thiazole rings is 1. The summed E-state index contributed by atoms with van der Waals surface area (Å²) < 4.78 is 33.1. The zero-order chi connectivity index (χ0) is 27.4. The standard InChI is InChI=1S/C29H29FN6O2S2/c1-34-12-10-26(33-34)40(38)35(18-19-2-3-19)24-7-4-21-14-25-20(17-32-36(25)23-8-5-22(30)6-9-23)15-29(21,16-24)27(37)28-31-11-13-39-28/h5-6,8-14,17,19,24H,2-4,7,15-16,18H2,1H3. The summed E-state index contributed by atoms with van der Waals surface area (Å²) in [7, 11) is 0.414. The van der Waals surface area contributed by atoms with Crippen molar-refractivity contribution in [2.45, 2.75) is 49.6 Å². The van der Waals surface area contributed by atoms with E-state index in [0.717, 1.165) is 48.3 Å². The molecule has 7 rings (SSSR count). The first kappa shape index (κ1) is 25.7. The second-order valence-electron chi connectivity index (χ2n) is 11.1. The molecular formula is C29H29FN6O2S2. The van der Waals surface area contributed by atoms with Gasteiger partial charge in [0.05, 0.1) is 23.0 Å². The lowest BCUT2D eigenvalue weighted by atomic mass is 9.61. The molecule has 2 fully saturated rings. The topological polar surface area (TPSA) is 85.9 Å². The highest BCUT2D eigenvalue weighted by atomic mass is 32.2. The summed E-state index contributed by atoms with van der Waals surface area (Å²) in [6.07, 6.45) is 12.3. The molecule has 0 saturated heterocycles. The molecule has 0 amide bonds. The number of benzene rings is 1. The number of carbonyl (C=O) groups excluding carboxylic acids is 1. The van der Waals surface area contributed by atoms with Gasteiger partial charge in [-0.3, -0.25) is 9.48 Å². The number of aryl methyl sites for hydroxylation is 1. The molecule has 3 aliphatic carbocycles. The minimum atomic E-state index is -1.42. The van der Waals surface area contributed by atoms with Crippen molar-refractivity contribution in [3.05, 3.63) is 82.0 Å². The third-order valence-corrected chi connectivity index (χ3v) is 10.6. The summed E-state index contributed by atoms with van der Waals surface area (Å²) >= 11 is 1.37. The van der Waals surface area contributed by atoms with Gasteiger partial charge in [-0.1, -0.05) is 5.57 Å². The molecule has 1 aromatic carbocycles. The normalized spacial score (nSPS) is 23.0. The Balaban J connectivity index is 1.28. The quantitative estimate of drug-likeness (QED) is 0.276. The zero-order valence-electron chi connectivity index (χ0n) is 22.1. The van der Waals surface area contributed by atoms with Gasteiger partial charge in [0.1, 0.15) is 16.8 Å². The van der Waals surface area contributed by atoms with Gasteiger partial charge in [0.15, 0.2) is 10.0 Å². The van der Waals surface area contributed by atoms with Crippen molar-refractivity contribution in [2.24, 2.45) is 18.4 Å². The summed E-state index contributed by atoms with van der Waals surface area (Å²) in [6, 6.07) is 8.05. The van der Waals surface area contributed by atoms with Gasteiger partial charge in [0.2, 0.25) is 5.78 Å². The minimum Gasteiger partial charge on any atom is -0.290 e. The number of halogens is 1. The molecule has 3 heterocycles. The fraction of sp³-hybridized carbons (Fsp3) is 0.379. The summed E-state index contributed by atoms with van der Waals surface area (Å²) in [5, 5.41) is 12.0. The third-order valence-electron chi connectivity index (χ3n) is 8.39. The summed E-state index contributed by atoms with van der Waals surface area (Å²) in [6.45, 7) is 0.738. The maximum absolute atomic E-state index is 14.3. The van der Waals surface area contributed by atoms with Crippen LogP contribution < -0.4 is 0 Å². The molecule has 0 aliphatic heterocycles. The predicted octanol–water partition coefficient (Wildman–Crippen LogP) is 5.00. The van der Waals surface area contributed by atoms with Crippen LogP contribution in [0.1, 0.15) is 53.2 Å². The van der Waals surface area contributed by atoms with E-state index in [4.69, 9.17) is 0 Å². The van der Waals surface area contributed by atoms with Crippen molar-refractivity contribution in [1.82, 2.24) is 28.9 Å². The first-order valence-electron chi connectivity index (χ1n) is 13.6. The van der Waals surface area contributed by atoms with E-state index in [-0.39, 0.29) is 17.6 Å². The predicted molar refractivity (Wildman–Crippen MR) is 151 cm³/mol. The molecule has 11 heteroatoms. The van der Waals surface area contributed by atoms with Crippen molar-refractivity contribution in [2.75, 3.05) is 6.54 Å². The van der Waals surface area contributed by atoms with Crippen molar-refractivity contribution >= 4 is 34.2 Å². The zero-order valence-corrected chi connectivity index (χ0v) is 23.7. The molecule has 2 saturated carbocycles. The molecule has 3 aliphatic rings. The molecule has 8 nitrogen and oxygen atoms in total. The fourth-order valence-electron chi connectivity index (χ4n) is 6.17. The van der Waals surface area contributed by atoms with Crippen LogP contribution in [0.15, 0.2) is 64.9 Å². The average molecular weight is 577 g/mol. The third kappa shape index (κ3) is 4.49. The van der Waals surface area contributed by atoms with Crippen LogP contribution in [0.2, 0.25) is 0 Å². The highest BCUT2D eigenvalue weighted by molar-refractivity contribution is 7.82. The van der Waals surface area contributed by atoms with Crippen molar-refractivity contribution in [3.63, 3.8) is 0 Å². The van der Waals surface area contributed by atoms with Crippen molar-refractivity contribution in [3.8, 4) is 5.69 Å². The lowest BCUT2D eigenvalue weighted by Crippen LogP contribution is -2.50. The first-order chi connectivity index (χ1) is 19.4. The van der Waals surface area contributed by atoms with E-state index in [1.165, 1.54) is 23.5 Å². The van der Waals surface area contributed by atoms with E-state index >= 15 is 0 Å². The largest absolute Gasteiger partial charge is 0.290 e. The Morgan fingerprint density at radius 1 is 1.23 bits per heavy atom. The van der Waals surface area contributed by atoms with Gasteiger partial charge in [0.25, 0.3) is 0 Å². The fourth-order valence-corrected chi connectivity index (χ4v) is 8.26. The monoisotopic (exact) mass is 576 g/mol. The molecule has 206 valence electrons. The summed E-state index contributed by atoms with van der Waals surface area (Å²) in [5.41, 5.74) is 2.94. The number of rotatable bonds is 8. The minimum absolute atomic E-state index is 0.0219. The van der Waals surface area contributed by atoms with Gasteiger partial charge in [0, 0.05) is 37.4 Å². The molecular weight excluding hydrogens is 547 g/mol. The molecule has 0 spiro atoms. The van der Waals surface area contributed by atoms with Crippen LogP contribution >= 0.6 is 11.3 Å². The van der Waals surface area contributed by atoms with E-state index < -0.39 is 16.4 Å². The molecule has 40 heavy (non-hydrogen) atoms. The first-order valence-corrected chi connectivity index (χ1v) is 15.6. The van der Waals surface area contributed by atoms with E-state index in [1.807, 2.05) is 35.6 Å². The maximum atomic E-state index is 14.3. The number of hydrogen-bond acceptors (Lipinski definition) is 6. The Morgan fingerprint density at radius 3 is 2.75 bits per heavy atom. The lowest BCUT2D eigenvalue weighted by molar-refractivity contribution is 0.0743. The number of fused-ring (bicyclic) bond motifs is 2. The van der Waals surface area contributed by atoms with E-state index in [0.29, 0.717) is 35.2 Å². The molecule has 3 aromatic heterocycles. The second-order valence-corrected chi connectivity index (χ2v) is 13.3. The van der Waals surface area contributed by atoms with E-state index in [9.17, 15) is 13.4 Å². The molecule has 3 atom stereocenters. The maximum Gasteiger partial charge on any atom is 0.201 e. The number of carbonyl (C=O) groups is 1. The Hall–Kier alpha value is -3.28. The SMILES string of the molecule is Cn1ccc(S(=O)N(CC2CC2)C2CCC3=Cc4c(cnn4-c4ccc(F)cc4)CC3(C(=O)c3nccs3)C2)n1. The van der Waals surface area contributed by atoms with Gasteiger partial charge in [-0.2, -0.15) is 10.2 Å². The Kier molecular flexibility index (Phi) is 6.40. The highest BCUT2D eigenvalue weighted by Gasteiger charge is 2.51. The number of hydrogen-bond donors (Lipinski definition) is 0. The molecule has 0 bridgehead atoms. The Morgan fingerprint density at radius 2 is 2.05 bits per heavy atom. The second kappa shape index (κ2) is 9.97. The van der Waals surface area contributed by atoms with Crippen LogP contribution in [0.4, 0.5) is 4.39 Å². The number of nitrogens with zero attached hydrogens (tertiary/aromatic N) is 6. The van der Waals surface area contributed by atoms with Gasteiger partial charge in [-0.25, -0.2) is 22.6 Å². The number of allylic oxidation sites excluding steroid dienone is 1. The van der Waals surface area contributed by atoms with Crippen LogP contribution in [0, 0.1) is 17.2 Å². The van der Waals surface area contributed by atoms with Crippen LogP contribution in [0.3, 0.4) is 0 Å². The number of aromatic nitrogens is 5.